The average Bonchev–Trinajstić information content (AvgIpc) is 3.53. The molecular formula is C59H43N. The maximum Gasteiger partial charge on any atom is 0.0465 e. The van der Waals surface area contributed by atoms with Crippen LogP contribution in [0.3, 0.4) is 0 Å². The quantitative estimate of drug-likeness (QED) is 0.146. The van der Waals surface area contributed by atoms with E-state index in [9.17, 15) is 0 Å². The van der Waals surface area contributed by atoms with Crippen LogP contribution in [-0.2, 0) is 5.41 Å². The molecule has 10 aromatic carbocycles. The molecule has 1 nitrogen and oxygen atoms in total. The predicted molar refractivity (Wildman–Crippen MR) is 255 cm³/mol. The Morgan fingerprint density at radius 2 is 0.667 bits per heavy atom. The SMILES string of the molecule is CC1(C)c2cc(-c3c4ccccc4c(-c4cc(-c5ccccc5)cc(-c5ccccc5)c4)c4ccccc34)ccc2-c2ccc(N(c3ccccc3)c3ccccc3)cc21. The van der Waals surface area contributed by atoms with Crippen LogP contribution in [-0.4, -0.2) is 0 Å². The highest BCUT2D eigenvalue weighted by atomic mass is 15.1. The number of nitrogens with zero attached hydrogens (tertiary/aromatic N) is 1. The third-order valence-electron chi connectivity index (χ3n) is 12.6. The van der Waals surface area contributed by atoms with Crippen LogP contribution in [0.2, 0.25) is 0 Å². The summed E-state index contributed by atoms with van der Waals surface area (Å²) < 4.78 is 0. The molecule has 0 unspecified atom stereocenters. The van der Waals surface area contributed by atoms with Gasteiger partial charge in [-0.2, -0.15) is 0 Å². The van der Waals surface area contributed by atoms with Gasteiger partial charge in [0.25, 0.3) is 0 Å². The third-order valence-corrected chi connectivity index (χ3v) is 12.6. The molecule has 0 amide bonds. The Hall–Kier alpha value is -7.48. The summed E-state index contributed by atoms with van der Waals surface area (Å²) in [6.07, 6.45) is 0. The second-order valence-corrected chi connectivity index (χ2v) is 16.5. The molecule has 0 aromatic heterocycles. The molecule has 0 aliphatic heterocycles. The van der Waals surface area contributed by atoms with Crippen LogP contribution < -0.4 is 4.90 Å². The van der Waals surface area contributed by atoms with Crippen molar-refractivity contribution in [1.29, 1.82) is 0 Å². The van der Waals surface area contributed by atoms with Gasteiger partial charge in [0.05, 0.1) is 0 Å². The van der Waals surface area contributed by atoms with Gasteiger partial charge in [0.15, 0.2) is 0 Å². The lowest BCUT2D eigenvalue weighted by atomic mass is 9.80. The van der Waals surface area contributed by atoms with Crippen molar-refractivity contribution in [2.75, 3.05) is 4.90 Å². The standard InChI is InChI=1S/C59H43N/c1-59(2)55-38-42(31-33-49(55)50-34-32-48(39-56(50)59)60(46-23-11-5-12-24-46)47-25-13-6-14-26-47)57-51-27-15-17-29-53(51)58(54-30-18-16-28-52(54)57)45-36-43(40-19-7-3-8-20-40)35-44(37-45)41-21-9-4-10-22-41/h3-39H,1-2H3. The van der Waals surface area contributed by atoms with E-state index in [2.05, 4.69) is 243 Å². The van der Waals surface area contributed by atoms with Gasteiger partial charge in [0.1, 0.15) is 0 Å². The molecule has 10 aromatic rings. The van der Waals surface area contributed by atoms with Gasteiger partial charge in [-0.1, -0.05) is 178 Å². The maximum atomic E-state index is 2.48. The van der Waals surface area contributed by atoms with E-state index in [4.69, 9.17) is 0 Å². The molecule has 0 fully saturated rings. The van der Waals surface area contributed by atoms with Crippen molar-refractivity contribution < 1.29 is 0 Å². The summed E-state index contributed by atoms with van der Waals surface area (Å²) >= 11 is 0. The van der Waals surface area contributed by atoms with Gasteiger partial charge in [-0.3, -0.25) is 0 Å². The van der Waals surface area contributed by atoms with Crippen molar-refractivity contribution in [3.8, 4) is 55.6 Å². The topological polar surface area (TPSA) is 3.24 Å². The molecule has 1 aliphatic rings. The summed E-state index contributed by atoms with van der Waals surface area (Å²) in [6, 6.07) is 82.3. The zero-order valence-electron chi connectivity index (χ0n) is 33.8. The lowest BCUT2D eigenvalue weighted by Crippen LogP contribution is -2.16. The highest BCUT2D eigenvalue weighted by Crippen LogP contribution is 2.53. The molecule has 1 heteroatoms. The minimum atomic E-state index is -0.215. The minimum Gasteiger partial charge on any atom is -0.310 e. The predicted octanol–water partition coefficient (Wildman–Crippen LogP) is 16.4. The van der Waals surface area contributed by atoms with Crippen molar-refractivity contribution in [3.05, 3.63) is 236 Å². The van der Waals surface area contributed by atoms with E-state index in [1.165, 1.54) is 88.3 Å². The third kappa shape index (κ3) is 5.93. The van der Waals surface area contributed by atoms with E-state index in [0.29, 0.717) is 0 Å². The molecule has 0 atom stereocenters. The van der Waals surface area contributed by atoms with E-state index in [1.54, 1.807) is 0 Å². The molecular weight excluding hydrogens is 723 g/mol. The number of fused-ring (bicyclic) bond motifs is 5. The fourth-order valence-electron chi connectivity index (χ4n) is 9.74. The average molecular weight is 766 g/mol. The van der Waals surface area contributed by atoms with Crippen LogP contribution >= 0.6 is 0 Å². The molecule has 0 N–H and O–H groups in total. The van der Waals surface area contributed by atoms with Crippen molar-refractivity contribution in [3.63, 3.8) is 0 Å². The molecule has 0 radical (unpaired) electrons. The fourth-order valence-corrected chi connectivity index (χ4v) is 9.74. The maximum absolute atomic E-state index is 2.48. The van der Waals surface area contributed by atoms with Crippen LogP contribution in [0.5, 0.6) is 0 Å². The van der Waals surface area contributed by atoms with E-state index in [-0.39, 0.29) is 5.41 Å². The van der Waals surface area contributed by atoms with Crippen LogP contribution in [0.4, 0.5) is 17.1 Å². The Balaban J connectivity index is 1.08. The van der Waals surface area contributed by atoms with Gasteiger partial charge in [0.2, 0.25) is 0 Å². The normalized spacial score (nSPS) is 12.6. The van der Waals surface area contributed by atoms with Crippen LogP contribution in [0, 0.1) is 0 Å². The minimum absolute atomic E-state index is 0.215. The molecule has 284 valence electrons. The van der Waals surface area contributed by atoms with Crippen molar-refractivity contribution in [2.45, 2.75) is 19.3 Å². The molecule has 0 heterocycles. The monoisotopic (exact) mass is 765 g/mol. The Bertz CT molecular complexity index is 3050. The van der Waals surface area contributed by atoms with E-state index in [1.807, 2.05) is 0 Å². The highest BCUT2D eigenvalue weighted by molar-refractivity contribution is 6.21. The summed E-state index contributed by atoms with van der Waals surface area (Å²) in [4.78, 5) is 2.36. The first-order valence-electron chi connectivity index (χ1n) is 20.9. The Morgan fingerprint density at radius 1 is 0.283 bits per heavy atom. The lowest BCUT2D eigenvalue weighted by Gasteiger charge is -2.28. The number of rotatable bonds is 7. The summed E-state index contributed by atoms with van der Waals surface area (Å²) in [5.41, 5.74) is 18.4. The smallest absolute Gasteiger partial charge is 0.0465 e. The summed E-state index contributed by atoms with van der Waals surface area (Å²) in [7, 11) is 0. The molecule has 0 spiro atoms. The summed E-state index contributed by atoms with van der Waals surface area (Å²) in [5.74, 6) is 0. The van der Waals surface area contributed by atoms with E-state index >= 15 is 0 Å². The van der Waals surface area contributed by atoms with Gasteiger partial charge < -0.3 is 4.90 Å². The second kappa shape index (κ2) is 14.4. The second-order valence-electron chi connectivity index (χ2n) is 16.5. The molecule has 1 aliphatic carbocycles. The van der Waals surface area contributed by atoms with Gasteiger partial charge in [0, 0.05) is 22.5 Å². The Kier molecular flexibility index (Phi) is 8.57. The van der Waals surface area contributed by atoms with Gasteiger partial charge in [-0.25, -0.2) is 0 Å². The van der Waals surface area contributed by atoms with Crippen LogP contribution in [0.15, 0.2) is 224 Å². The molecule has 0 saturated carbocycles. The summed E-state index contributed by atoms with van der Waals surface area (Å²) in [6.45, 7) is 4.79. The number of para-hydroxylation sites is 2. The van der Waals surface area contributed by atoms with Gasteiger partial charge in [-0.15, -0.1) is 0 Å². The van der Waals surface area contributed by atoms with Crippen molar-refractivity contribution >= 4 is 38.6 Å². The summed E-state index contributed by atoms with van der Waals surface area (Å²) in [5, 5.41) is 5.03. The number of hydrogen-bond donors (Lipinski definition) is 0. The Labute approximate surface area is 352 Å². The van der Waals surface area contributed by atoms with Crippen LogP contribution in [0.25, 0.3) is 77.2 Å². The zero-order chi connectivity index (χ0) is 40.2. The first-order chi connectivity index (χ1) is 29.5. The van der Waals surface area contributed by atoms with E-state index in [0.717, 1.165) is 17.1 Å². The lowest BCUT2D eigenvalue weighted by molar-refractivity contribution is 0.660. The van der Waals surface area contributed by atoms with Crippen molar-refractivity contribution in [1.82, 2.24) is 0 Å². The van der Waals surface area contributed by atoms with Gasteiger partial charge >= 0.3 is 0 Å². The molecule has 60 heavy (non-hydrogen) atoms. The zero-order valence-corrected chi connectivity index (χ0v) is 33.8. The fraction of sp³-hybridized carbons (Fsp3) is 0.0508. The van der Waals surface area contributed by atoms with Gasteiger partial charge in [-0.05, 0) is 149 Å². The number of hydrogen-bond acceptors (Lipinski definition) is 1. The number of anilines is 3. The number of benzene rings is 10. The van der Waals surface area contributed by atoms with E-state index < -0.39 is 0 Å². The highest BCUT2D eigenvalue weighted by Gasteiger charge is 2.36. The first-order valence-corrected chi connectivity index (χ1v) is 20.9. The largest absolute Gasteiger partial charge is 0.310 e. The molecule has 0 bridgehead atoms. The molecule has 0 saturated heterocycles. The Morgan fingerprint density at radius 3 is 1.15 bits per heavy atom. The van der Waals surface area contributed by atoms with Crippen LogP contribution in [0.1, 0.15) is 25.0 Å². The first kappa shape index (κ1) is 35.7. The molecule has 11 rings (SSSR count). The van der Waals surface area contributed by atoms with Crippen molar-refractivity contribution in [2.24, 2.45) is 0 Å².